The Hall–Kier alpha value is -0.550. The number of nitrogens with zero attached hydrogens (tertiary/aromatic N) is 3. The lowest BCUT2D eigenvalue weighted by Crippen LogP contribution is -2.29. The van der Waals surface area contributed by atoms with E-state index in [4.69, 9.17) is 0 Å². The van der Waals surface area contributed by atoms with E-state index in [1.807, 2.05) is 30.3 Å². The second-order valence-electron chi connectivity index (χ2n) is 4.09. The molecule has 0 saturated carbocycles. The van der Waals surface area contributed by atoms with Gasteiger partial charge in [0, 0.05) is 18.3 Å². The molecule has 1 N–H and O–H groups in total. The predicted octanol–water partition coefficient (Wildman–Crippen LogP) is 1.63. The highest BCUT2D eigenvalue weighted by Gasteiger charge is 2.02. The summed E-state index contributed by atoms with van der Waals surface area (Å²) in [5, 5.41) is 7.83. The summed E-state index contributed by atoms with van der Waals surface area (Å²) in [5.74, 6) is 3.04. The van der Waals surface area contributed by atoms with Crippen molar-refractivity contribution in [3.05, 3.63) is 11.6 Å². The first kappa shape index (κ1) is 13.5. The van der Waals surface area contributed by atoms with E-state index in [1.54, 1.807) is 0 Å². The van der Waals surface area contributed by atoms with Gasteiger partial charge < -0.3 is 5.32 Å². The van der Waals surface area contributed by atoms with Gasteiger partial charge in [-0.05, 0) is 40.0 Å². The molecule has 0 unspecified atom stereocenters. The van der Waals surface area contributed by atoms with Crippen LogP contribution >= 0.6 is 11.8 Å². The first-order chi connectivity index (χ1) is 7.63. The van der Waals surface area contributed by atoms with E-state index in [1.165, 1.54) is 5.75 Å². The Morgan fingerprint density at radius 3 is 2.75 bits per heavy atom. The molecule has 0 amide bonds. The zero-order valence-electron chi connectivity index (χ0n) is 10.7. The zero-order chi connectivity index (χ0) is 12.0. The van der Waals surface area contributed by atoms with Crippen molar-refractivity contribution >= 4 is 11.8 Å². The lowest BCUT2D eigenvalue weighted by molar-refractivity contribution is 0.508. The molecule has 0 saturated heterocycles. The van der Waals surface area contributed by atoms with Gasteiger partial charge in [0.2, 0.25) is 0 Å². The van der Waals surface area contributed by atoms with Gasteiger partial charge in [0.25, 0.3) is 0 Å². The van der Waals surface area contributed by atoms with E-state index in [9.17, 15) is 0 Å². The lowest BCUT2D eigenvalue weighted by atomic mass is 10.3. The van der Waals surface area contributed by atoms with Crippen molar-refractivity contribution in [2.45, 2.75) is 39.8 Å². The molecule has 0 fully saturated rings. The first-order valence-corrected chi connectivity index (χ1v) is 7.13. The van der Waals surface area contributed by atoms with E-state index >= 15 is 0 Å². The van der Waals surface area contributed by atoms with Gasteiger partial charge in [0.15, 0.2) is 0 Å². The summed E-state index contributed by atoms with van der Waals surface area (Å²) in [7, 11) is 0. The molecule has 1 rings (SSSR count). The summed E-state index contributed by atoms with van der Waals surface area (Å²) in [4.78, 5) is 4.28. The van der Waals surface area contributed by atoms with Gasteiger partial charge in [0.05, 0.1) is 0 Å². The van der Waals surface area contributed by atoms with Crippen molar-refractivity contribution in [1.82, 2.24) is 20.1 Å². The molecular formula is C11H22N4S. The highest BCUT2D eigenvalue weighted by atomic mass is 32.2. The predicted molar refractivity (Wildman–Crippen MR) is 70.0 cm³/mol. The van der Waals surface area contributed by atoms with Crippen LogP contribution in [0.25, 0.3) is 0 Å². The number of thioether (sulfide) groups is 1. The van der Waals surface area contributed by atoms with Crippen LogP contribution in [0.3, 0.4) is 0 Å². The van der Waals surface area contributed by atoms with Crippen LogP contribution in [0.15, 0.2) is 0 Å². The van der Waals surface area contributed by atoms with Crippen molar-refractivity contribution in [1.29, 1.82) is 0 Å². The average Bonchev–Trinajstić information content (AvgIpc) is 2.53. The molecule has 1 heterocycles. The Morgan fingerprint density at radius 2 is 2.19 bits per heavy atom. The molecule has 0 radical (unpaired) electrons. The summed E-state index contributed by atoms with van der Waals surface area (Å²) in [5.41, 5.74) is 0. The van der Waals surface area contributed by atoms with Crippen LogP contribution in [-0.4, -0.2) is 39.4 Å². The fourth-order valence-electron chi connectivity index (χ4n) is 1.66. The smallest absolute Gasteiger partial charge is 0.147 e. The molecule has 0 aliphatic heterocycles. The maximum absolute atomic E-state index is 4.34. The van der Waals surface area contributed by atoms with Crippen LogP contribution in [0, 0.1) is 13.8 Å². The van der Waals surface area contributed by atoms with Crippen molar-refractivity contribution in [2.24, 2.45) is 0 Å². The number of aromatic nitrogens is 3. The number of rotatable bonds is 7. The first-order valence-electron chi connectivity index (χ1n) is 5.74. The normalized spacial score (nSPS) is 13.0. The topological polar surface area (TPSA) is 42.7 Å². The summed E-state index contributed by atoms with van der Waals surface area (Å²) in [6.45, 7) is 8.15. The van der Waals surface area contributed by atoms with Crippen LogP contribution in [0.5, 0.6) is 0 Å². The van der Waals surface area contributed by atoms with Crippen LogP contribution < -0.4 is 5.32 Å². The SMILES string of the molecule is CSC[C@H](C)NCCCn1nc(C)nc1C. The fourth-order valence-corrected chi connectivity index (χ4v) is 2.28. The molecule has 0 bridgehead atoms. The summed E-state index contributed by atoms with van der Waals surface area (Å²) in [6.07, 6.45) is 3.24. The Balaban J connectivity index is 2.18. The molecule has 0 aromatic carbocycles. The number of aryl methyl sites for hydroxylation is 3. The highest BCUT2D eigenvalue weighted by molar-refractivity contribution is 7.98. The van der Waals surface area contributed by atoms with Gasteiger partial charge in [-0.2, -0.15) is 16.9 Å². The Kier molecular flexibility index (Phi) is 5.84. The second-order valence-corrected chi connectivity index (χ2v) is 5.00. The maximum Gasteiger partial charge on any atom is 0.147 e. The van der Waals surface area contributed by atoms with E-state index in [-0.39, 0.29) is 0 Å². The number of hydrogen-bond donors (Lipinski definition) is 1. The lowest BCUT2D eigenvalue weighted by Gasteiger charge is -2.12. The van der Waals surface area contributed by atoms with Gasteiger partial charge in [-0.25, -0.2) is 4.98 Å². The average molecular weight is 242 g/mol. The zero-order valence-corrected chi connectivity index (χ0v) is 11.5. The molecule has 92 valence electrons. The minimum Gasteiger partial charge on any atom is -0.313 e. The third-order valence-electron chi connectivity index (χ3n) is 2.42. The molecule has 1 aromatic rings. The second kappa shape index (κ2) is 6.91. The summed E-state index contributed by atoms with van der Waals surface area (Å²) in [6, 6.07) is 0.591. The minimum atomic E-state index is 0.591. The molecule has 0 aliphatic carbocycles. The molecular weight excluding hydrogens is 220 g/mol. The molecule has 4 nitrogen and oxygen atoms in total. The fraction of sp³-hybridized carbons (Fsp3) is 0.818. The van der Waals surface area contributed by atoms with Crippen LogP contribution in [0.1, 0.15) is 25.0 Å². The van der Waals surface area contributed by atoms with Crippen molar-refractivity contribution in [2.75, 3.05) is 18.6 Å². The molecule has 0 aliphatic rings. The maximum atomic E-state index is 4.34. The van der Waals surface area contributed by atoms with Gasteiger partial charge >= 0.3 is 0 Å². The van der Waals surface area contributed by atoms with Gasteiger partial charge in [-0.3, -0.25) is 4.68 Å². The Morgan fingerprint density at radius 1 is 1.44 bits per heavy atom. The van der Waals surface area contributed by atoms with Gasteiger partial charge in [-0.1, -0.05) is 0 Å². The largest absolute Gasteiger partial charge is 0.313 e. The monoisotopic (exact) mass is 242 g/mol. The highest BCUT2D eigenvalue weighted by Crippen LogP contribution is 1.98. The molecule has 16 heavy (non-hydrogen) atoms. The summed E-state index contributed by atoms with van der Waals surface area (Å²) >= 11 is 1.88. The molecule has 1 aromatic heterocycles. The van der Waals surface area contributed by atoms with E-state index in [0.29, 0.717) is 6.04 Å². The Labute approximate surface area is 102 Å². The standard InChI is InChI=1S/C11H22N4S/c1-9(8-16-4)12-6-5-7-15-11(3)13-10(2)14-15/h9,12H,5-8H2,1-4H3/t9-/m0/s1. The van der Waals surface area contributed by atoms with Crippen LogP contribution in [0.2, 0.25) is 0 Å². The molecule has 0 spiro atoms. The molecule has 1 atom stereocenters. The Bertz CT molecular complexity index is 311. The van der Waals surface area contributed by atoms with E-state index < -0.39 is 0 Å². The van der Waals surface area contributed by atoms with Crippen molar-refractivity contribution in [3.63, 3.8) is 0 Å². The number of hydrogen-bond acceptors (Lipinski definition) is 4. The third kappa shape index (κ3) is 4.53. The molecule has 5 heteroatoms. The van der Waals surface area contributed by atoms with Gasteiger partial charge in [0.1, 0.15) is 11.6 Å². The minimum absolute atomic E-state index is 0.591. The van der Waals surface area contributed by atoms with Gasteiger partial charge in [-0.15, -0.1) is 0 Å². The van der Waals surface area contributed by atoms with E-state index in [0.717, 1.165) is 31.2 Å². The van der Waals surface area contributed by atoms with Crippen molar-refractivity contribution < 1.29 is 0 Å². The van der Waals surface area contributed by atoms with Crippen molar-refractivity contribution in [3.8, 4) is 0 Å². The summed E-state index contributed by atoms with van der Waals surface area (Å²) < 4.78 is 1.98. The number of nitrogens with one attached hydrogen (secondary N) is 1. The quantitative estimate of drug-likeness (QED) is 0.738. The van der Waals surface area contributed by atoms with E-state index in [2.05, 4.69) is 28.6 Å². The van der Waals surface area contributed by atoms with Crippen LogP contribution in [0.4, 0.5) is 0 Å². The van der Waals surface area contributed by atoms with Crippen LogP contribution in [-0.2, 0) is 6.54 Å². The third-order valence-corrected chi connectivity index (χ3v) is 3.25.